The van der Waals surface area contributed by atoms with Gasteiger partial charge < -0.3 is 0 Å². The highest BCUT2D eigenvalue weighted by Crippen LogP contribution is 2.31. The van der Waals surface area contributed by atoms with E-state index in [4.69, 9.17) is 0 Å². The van der Waals surface area contributed by atoms with Crippen LogP contribution in [0.3, 0.4) is 0 Å². The summed E-state index contributed by atoms with van der Waals surface area (Å²) in [4.78, 5) is 0. The van der Waals surface area contributed by atoms with Crippen LogP contribution in [-0.4, -0.2) is 8.80 Å². The molecule has 146 valence electrons. The van der Waals surface area contributed by atoms with E-state index >= 15 is 0 Å². The maximum atomic E-state index is 13.4. The highest BCUT2D eigenvalue weighted by atomic mass is 28.3. The summed E-state index contributed by atoms with van der Waals surface area (Å²) in [5.41, 5.74) is 3.02. The molecule has 0 amide bonds. The van der Waals surface area contributed by atoms with E-state index in [-0.39, 0.29) is 0 Å². The number of rotatable bonds is 8. The maximum Gasteiger partial charge on any atom is 0.159 e. The van der Waals surface area contributed by atoms with Crippen molar-refractivity contribution >= 4 is 8.80 Å². The van der Waals surface area contributed by atoms with Crippen LogP contribution < -0.4 is 0 Å². The average Bonchev–Trinajstić information content (AvgIpc) is 2.70. The summed E-state index contributed by atoms with van der Waals surface area (Å²) >= 11 is 0. The largest absolute Gasteiger partial charge is 0.204 e. The zero-order valence-corrected chi connectivity index (χ0v) is 17.7. The third-order valence-electron chi connectivity index (χ3n) is 6.23. The summed E-state index contributed by atoms with van der Waals surface area (Å²) in [5, 5.41) is 0. The average molecular weight is 387 g/mol. The minimum Gasteiger partial charge on any atom is -0.204 e. The van der Waals surface area contributed by atoms with Crippen LogP contribution in [0.25, 0.3) is 11.1 Å². The molecule has 0 unspecified atom stereocenters. The molecule has 0 bridgehead atoms. The topological polar surface area (TPSA) is 0 Å². The number of benzene rings is 2. The van der Waals surface area contributed by atoms with Gasteiger partial charge in [-0.1, -0.05) is 87.5 Å². The highest BCUT2D eigenvalue weighted by Gasteiger charge is 2.21. The summed E-state index contributed by atoms with van der Waals surface area (Å²) in [7, 11) is -0.402. The lowest BCUT2D eigenvalue weighted by Gasteiger charge is -2.27. The lowest BCUT2D eigenvalue weighted by Crippen LogP contribution is -2.21. The van der Waals surface area contributed by atoms with E-state index in [9.17, 15) is 8.78 Å². The molecule has 1 saturated heterocycles. The van der Waals surface area contributed by atoms with Crippen molar-refractivity contribution in [1.29, 1.82) is 0 Å². The molecular formula is C24H32F2Si. The molecule has 0 aliphatic carbocycles. The molecule has 0 aromatic heterocycles. The van der Waals surface area contributed by atoms with Crippen molar-refractivity contribution in [3.63, 3.8) is 0 Å². The van der Waals surface area contributed by atoms with E-state index in [1.807, 2.05) is 12.1 Å². The lowest BCUT2D eigenvalue weighted by molar-refractivity contribution is 0.437. The molecule has 3 rings (SSSR count). The molecule has 0 nitrogen and oxygen atoms in total. The SMILES string of the molecule is CCCCC[SiH]1CCC(CCc2ccc(-c3ccc(F)c(F)c3)cc2)CC1. The second-order valence-electron chi connectivity index (χ2n) is 8.25. The third-order valence-corrected chi connectivity index (χ3v) is 9.75. The van der Waals surface area contributed by atoms with Crippen molar-refractivity contribution in [2.24, 2.45) is 5.92 Å². The Bertz CT molecular complexity index is 703. The van der Waals surface area contributed by atoms with Crippen LogP contribution in [0, 0.1) is 17.6 Å². The van der Waals surface area contributed by atoms with E-state index in [0.29, 0.717) is 0 Å². The Labute approximate surface area is 164 Å². The fourth-order valence-electron chi connectivity index (χ4n) is 4.40. The molecule has 0 N–H and O–H groups in total. The number of unbranched alkanes of at least 4 members (excludes halogenated alkanes) is 2. The Morgan fingerprint density at radius 1 is 0.889 bits per heavy atom. The summed E-state index contributed by atoms with van der Waals surface area (Å²) in [5.74, 6) is -0.672. The Balaban J connectivity index is 1.45. The van der Waals surface area contributed by atoms with E-state index in [0.717, 1.165) is 23.5 Å². The molecule has 27 heavy (non-hydrogen) atoms. The molecule has 1 aliphatic heterocycles. The van der Waals surface area contributed by atoms with Crippen molar-refractivity contribution in [1.82, 2.24) is 0 Å². The molecule has 0 saturated carbocycles. The molecule has 2 aromatic rings. The predicted molar refractivity (Wildman–Crippen MR) is 114 cm³/mol. The fourth-order valence-corrected chi connectivity index (χ4v) is 8.02. The van der Waals surface area contributed by atoms with Gasteiger partial charge in [-0.15, -0.1) is 0 Å². The number of hydrogen-bond donors (Lipinski definition) is 0. The Morgan fingerprint density at radius 3 is 2.26 bits per heavy atom. The van der Waals surface area contributed by atoms with Crippen LogP contribution in [-0.2, 0) is 6.42 Å². The molecule has 0 atom stereocenters. The summed E-state index contributed by atoms with van der Waals surface area (Å²) in [6.07, 6.45) is 9.58. The van der Waals surface area contributed by atoms with Gasteiger partial charge in [0.2, 0.25) is 0 Å². The zero-order valence-electron chi connectivity index (χ0n) is 16.5. The van der Waals surface area contributed by atoms with Crippen LogP contribution in [0.15, 0.2) is 42.5 Å². The molecule has 0 spiro atoms. The lowest BCUT2D eigenvalue weighted by atomic mass is 9.93. The van der Waals surface area contributed by atoms with Gasteiger partial charge in [0, 0.05) is 8.80 Å². The number of hydrogen-bond acceptors (Lipinski definition) is 0. The monoisotopic (exact) mass is 386 g/mol. The van der Waals surface area contributed by atoms with Gasteiger partial charge in [-0.25, -0.2) is 8.78 Å². The Hall–Kier alpha value is -1.48. The smallest absolute Gasteiger partial charge is 0.159 e. The first-order valence-electron chi connectivity index (χ1n) is 10.7. The first kappa shape index (κ1) is 20.3. The molecule has 2 aromatic carbocycles. The minimum absolute atomic E-state index is 0.402. The second kappa shape index (κ2) is 10.2. The van der Waals surface area contributed by atoms with Crippen molar-refractivity contribution in [2.45, 2.75) is 70.0 Å². The van der Waals surface area contributed by atoms with Gasteiger partial charge in [-0.3, -0.25) is 0 Å². The van der Waals surface area contributed by atoms with Crippen molar-refractivity contribution < 1.29 is 8.78 Å². The van der Waals surface area contributed by atoms with Gasteiger partial charge in [-0.2, -0.15) is 0 Å². The minimum atomic E-state index is -0.793. The molecule has 0 radical (unpaired) electrons. The standard InChI is InChI=1S/C24H32F2Si/c1-2-3-4-15-27-16-13-20(14-17-27)6-5-19-7-9-21(10-8-19)22-11-12-23(25)24(26)18-22/h7-12,18,20,27H,2-6,13-17H2,1H3. The highest BCUT2D eigenvalue weighted by molar-refractivity contribution is 6.58. The van der Waals surface area contributed by atoms with Crippen molar-refractivity contribution in [3.05, 3.63) is 59.7 Å². The molecule has 3 heteroatoms. The van der Waals surface area contributed by atoms with E-state index < -0.39 is 20.4 Å². The van der Waals surface area contributed by atoms with Crippen LogP contribution in [0.2, 0.25) is 18.1 Å². The fraction of sp³-hybridized carbons (Fsp3) is 0.500. The number of halogens is 2. The van der Waals surface area contributed by atoms with E-state index in [2.05, 4.69) is 19.1 Å². The van der Waals surface area contributed by atoms with Crippen LogP contribution in [0.4, 0.5) is 8.78 Å². The summed E-state index contributed by atoms with van der Waals surface area (Å²) in [6, 6.07) is 17.1. The van der Waals surface area contributed by atoms with Gasteiger partial charge in [0.15, 0.2) is 11.6 Å². The Kier molecular flexibility index (Phi) is 7.63. The van der Waals surface area contributed by atoms with E-state index in [1.54, 1.807) is 24.2 Å². The van der Waals surface area contributed by atoms with Crippen LogP contribution in [0.5, 0.6) is 0 Å². The van der Waals surface area contributed by atoms with Crippen LogP contribution >= 0.6 is 0 Å². The van der Waals surface area contributed by atoms with Crippen molar-refractivity contribution in [3.8, 4) is 11.1 Å². The Morgan fingerprint density at radius 2 is 1.59 bits per heavy atom. The van der Waals surface area contributed by atoms with Crippen molar-refractivity contribution in [2.75, 3.05) is 0 Å². The molecular weight excluding hydrogens is 354 g/mol. The quantitative estimate of drug-likeness (QED) is 0.328. The molecule has 1 heterocycles. The van der Waals surface area contributed by atoms with E-state index in [1.165, 1.54) is 56.2 Å². The second-order valence-corrected chi connectivity index (χ2v) is 11.7. The van der Waals surface area contributed by atoms with Gasteiger partial charge in [0.25, 0.3) is 0 Å². The zero-order chi connectivity index (χ0) is 19.1. The van der Waals surface area contributed by atoms with Gasteiger partial charge in [0.1, 0.15) is 0 Å². The van der Waals surface area contributed by atoms with Crippen LogP contribution in [0.1, 0.15) is 51.0 Å². The normalized spacial score (nSPS) is 20.0. The van der Waals surface area contributed by atoms with Gasteiger partial charge >= 0.3 is 0 Å². The summed E-state index contributed by atoms with van der Waals surface area (Å²) in [6.45, 7) is 2.29. The molecule has 1 aliphatic rings. The maximum absolute atomic E-state index is 13.4. The number of aryl methyl sites for hydroxylation is 1. The first-order chi connectivity index (χ1) is 13.2. The third kappa shape index (κ3) is 6.00. The van der Waals surface area contributed by atoms with Gasteiger partial charge in [-0.05, 0) is 47.6 Å². The predicted octanol–water partition coefficient (Wildman–Crippen LogP) is 7.39. The molecule has 1 fully saturated rings. The first-order valence-corrected chi connectivity index (χ1v) is 13.1. The van der Waals surface area contributed by atoms with Gasteiger partial charge in [0.05, 0.1) is 0 Å². The summed E-state index contributed by atoms with van der Waals surface area (Å²) < 4.78 is 26.5.